The van der Waals surface area contributed by atoms with E-state index in [4.69, 9.17) is 9.84 Å². The Balaban J connectivity index is 1.30. The van der Waals surface area contributed by atoms with Crippen LogP contribution in [0.5, 0.6) is 11.5 Å². The molecule has 0 saturated heterocycles. The smallest absolute Gasteiger partial charge is 0.178 e. The molecule has 1 fully saturated rings. The van der Waals surface area contributed by atoms with Crippen molar-refractivity contribution < 1.29 is 4.74 Å². The zero-order valence-corrected chi connectivity index (χ0v) is 15.6. The lowest BCUT2D eigenvalue weighted by molar-refractivity contribution is 0.482. The molecule has 0 aliphatic heterocycles. The highest BCUT2D eigenvalue weighted by Gasteiger charge is 2.29. The van der Waals surface area contributed by atoms with Crippen molar-refractivity contribution in [2.45, 2.75) is 31.7 Å². The van der Waals surface area contributed by atoms with Gasteiger partial charge in [-0.05, 0) is 61.7 Å². The van der Waals surface area contributed by atoms with Gasteiger partial charge < -0.3 is 10.1 Å². The fourth-order valence-electron chi connectivity index (χ4n) is 3.23. The molecule has 2 heterocycles. The minimum absolute atomic E-state index is 0.108. The van der Waals surface area contributed by atoms with Gasteiger partial charge in [-0.1, -0.05) is 30.3 Å². The monoisotopic (exact) mass is 371 g/mol. The van der Waals surface area contributed by atoms with Gasteiger partial charge in [0.25, 0.3) is 0 Å². The maximum absolute atomic E-state index is 5.86. The first kappa shape index (κ1) is 16.7. The Hall–Kier alpha value is -3.41. The third-order valence-electron chi connectivity index (χ3n) is 4.95. The summed E-state index contributed by atoms with van der Waals surface area (Å²) in [5, 5.41) is 16.7. The van der Waals surface area contributed by atoms with Gasteiger partial charge in [-0.15, -0.1) is 15.3 Å². The Morgan fingerprint density at radius 2 is 1.68 bits per heavy atom. The van der Waals surface area contributed by atoms with Crippen LogP contribution in [0.25, 0.3) is 5.65 Å². The minimum atomic E-state index is 0.108. The Bertz CT molecular complexity index is 1090. The molecule has 0 amide bonds. The van der Waals surface area contributed by atoms with Crippen molar-refractivity contribution in [2.75, 3.05) is 5.32 Å². The molecule has 6 heteroatoms. The van der Waals surface area contributed by atoms with Crippen molar-refractivity contribution in [3.05, 3.63) is 78.1 Å². The van der Waals surface area contributed by atoms with Crippen LogP contribution in [0, 0.1) is 0 Å². The summed E-state index contributed by atoms with van der Waals surface area (Å²) in [4.78, 5) is 0. The van der Waals surface area contributed by atoms with E-state index < -0.39 is 0 Å². The summed E-state index contributed by atoms with van der Waals surface area (Å²) in [6, 6.07) is 21.9. The van der Waals surface area contributed by atoms with E-state index in [0.717, 1.165) is 34.4 Å². The molecule has 1 N–H and O–H groups in total. The lowest BCUT2D eigenvalue weighted by Gasteiger charge is -2.15. The zero-order valence-electron chi connectivity index (χ0n) is 15.6. The Morgan fingerprint density at radius 1 is 0.929 bits per heavy atom. The second-order valence-electron chi connectivity index (χ2n) is 7.17. The number of benzene rings is 2. The van der Waals surface area contributed by atoms with Crippen LogP contribution in [0.4, 0.5) is 5.82 Å². The highest BCUT2D eigenvalue weighted by molar-refractivity contribution is 5.46. The third-order valence-corrected chi connectivity index (χ3v) is 4.95. The molecule has 6 nitrogen and oxygen atoms in total. The fraction of sp³-hybridized carbons (Fsp3) is 0.227. The lowest BCUT2D eigenvalue weighted by Crippen LogP contribution is -2.10. The second kappa shape index (κ2) is 6.96. The molecular formula is C22H21N5O. The van der Waals surface area contributed by atoms with Crippen molar-refractivity contribution in [3.63, 3.8) is 0 Å². The predicted octanol–water partition coefficient (Wildman–Crippen LogP) is 4.97. The molecular weight excluding hydrogens is 350 g/mol. The Morgan fingerprint density at radius 3 is 2.43 bits per heavy atom. The van der Waals surface area contributed by atoms with Gasteiger partial charge in [0.2, 0.25) is 0 Å². The van der Waals surface area contributed by atoms with Gasteiger partial charge in [0.05, 0.1) is 6.04 Å². The van der Waals surface area contributed by atoms with Crippen LogP contribution < -0.4 is 10.1 Å². The van der Waals surface area contributed by atoms with Crippen LogP contribution in [-0.2, 0) is 0 Å². The van der Waals surface area contributed by atoms with Crippen molar-refractivity contribution in [3.8, 4) is 11.5 Å². The quantitative estimate of drug-likeness (QED) is 0.518. The van der Waals surface area contributed by atoms with E-state index in [-0.39, 0.29) is 6.04 Å². The topological polar surface area (TPSA) is 64.3 Å². The third kappa shape index (κ3) is 3.41. The predicted molar refractivity (Wildman–Crippen MR) is 108 cm³/mol. The number of ether oxygens (including phenoxy) is 1. The number of rotatable bonds is 6. The average molecular weight is 371 g/mol. The van der Waals surface area contributed by atoms with E-state index in [0.29, 0.717) is 5.92 Å². The van der Waals surface area contributed by atoms with E-state index in [1.54, 1.807) is 0 Å². The molecule has 28 heavy (non-hydrogen) atoms. The molecule has 0 bridgehead atoms. The van der Waals surface area contributed by atoms with Crippen LogP contribution in [0.15, 0.2) is 66.7 Å². The van der Waals surface area contributed by atoms with Crippen molar-refractivity contribution in [1.82, 2.24) is 19.8 Å². The summed E-state index contributed by atoms with van der Waals surface area (Å²) in [7, 11) is 0. The molecule has 1 aliphatic rings. The standard InChI is InChI=1S/C22H21N5O/c1-15(16-9-11-19(12-10-16)28-18-5-3-2-4-6-18)23-20-13-14-21-24-25-22(17-7-8-17)27(21)26-20/h2-6,9-15,17H,7-8H2,1H3,(H,23,26). The van der Waals surface area contributed by atoms with E-state index in [2.05, 4.69) is 34.6 Å². The highest BCUT2D eigenvalue weighted by Crippen LogP contribution is 2.38. The lowest BCUT2D eigenvalue weighted by atomic mass is 10.1. The Kier molecular flexibility index (Phi) is 4.16. The van der Waals surface area contributed by atoms with Crippen LogP contribution >= 0.6 is 0 Å². The largest absolute Gasteiger partial charge is 0.457 e. The van der Waals surface area contributed by atoms with E-state index >= 15 is 0 Å². The number of hydrogen-bond acceptors (Lipinski definition) is 5. The number of aromatic nitrogens is 4. The van der Waals surface area contributed by atoms with Gasteiger partial charge >= 0.3 is 0 Å². The molecule has 140 valence electrons. The van der Waals surface area contributed by atoms with Crippen LogP contribution in [0.3, 0.4) is 0 Å². The van der Waals surface area contributed by atoms with E-state index in [9.17, 15) is 0 Å². The van der Waals surface area contributed by atoms with Crippen molar-refractivity contribution in [1.29, 1.82) is 0 Å². The molecule has 1 saturated carbocycles. The maximum atomic E-state index is 5.86. The Labute approximate surface area is 163 Å². The molecule has 1 atom stereocenters. The minimum Gasteiger partial charge on any atom is -0.457 e. The van der Waals surface area contributed by atoms with Gasteiger partial charge in [0, 0.05) is 5.92 Å². The van der Waals surface area contributed by atoms with Gasteiger partial charge in [-0.3, -0.25) is 0 Å². The number of anilines is 1. The fourth-order valence-corrected chi connectivity index (χ4v) is 3.23. The maximum Gasteiger partial charge on any atom is 0.178 e. The SMILES string of the molecule is CC(Nc1ccc2nnc(C3CC3)n2n1)c1ccc(Oc2ccccc2)cc1. The van der Waals surface area contributed by atoms with E-state index in [1.807, 2.05) is 59.1 Å². The number of para-hydroxylation sites is 1. The number of fused-ring (bicyclic) bond motifs is 1. The number of nitrogens with zero attached hydrogens (tertiary/aromatic N) is 4. The summed E-state index contributed by atoms with van der Waals surface area (Å²) in [5.41, 5.74) is 1.95. The molecule has 0 spiro atoms. The summed E-state index contributed by atoms with van der Waals surface area (Å²) in [6.45, 7) is 2.12. The molecule has 5 rings (SSSR count). The van der Waals surface area contributed by atoms with Crippen LogP contribution in [-0.4, -0.2) is 19.8 Å². The highest BCUT2D eigenvalue weighted by atomic mass is 16.5. The van der Waals surface area contributed by atoms with Crippen LogP contribution in [0.1, 0.15) is 43.1 Å². The van der Waals surface area contributed by atoms with Gasteiger partial charge in [-0.2, -0.15) is 4.52 Å². The summed E-state index contributed by atoms with van der Waals surface area (Å²) in [6.07, 6.45) is 2.35. The number of nitrogens with one attached hydrogen (secondary N) is 1. The molecule has 4 aromatic rings. The number of hydrogen-bond donors (Lipinski definition) is 1. The van der Waals surface area contributed by atoms with Gasteiger partial charge in [-0.25, -0.2) is 0 Å². The first-order chi connectivity index (χ1) is 13.8. The van der Waals surface area contributed by atoms with Crippen molar-refractivity contribution in [2.24, 2.45) is 0 Å². The molecule has 1 unspecified atom stereocenters. The second-order valence-corrected chi connectivity index (χ2v) is 7.17. The average Bonchev–Trinajstić information content (AvgIpc) is 3.48. The van der Waals surface area contributed by atoms with E-state index in [1.165, 1.54) is 12.8 Å². The molecule has 2 aromatic carbocycles. The molecule has 1 aliphatic carbocycles. The summed E-state index contributed by atoms with van der Waals surface area (Å²) >= 11 is 0. The summed E-state index contributed by atoms with van der Waals surface area (Å²) in [5.74, 6) is 3.94. The first-order valence-corrected chi connectivity index (χ1v) is 9.58. The van der Waals surface area contributed by atoms with Crippen molar-refractivity contribution >= 4 is 11.5 Å². The zero-order chi connectivity index (χ0) is 18.9. The van der Waals surface area contributed by atoms with Crippen LogP contribution in [0.2, 0.25) is 0 Å². The summed E-state index contributed by atoms with van der Waals surface area (Å²) < 4.78 is 7.73. The van der Waals surface area contributed by atoms with Gasteiger partial charge in [0.1, 0.15) is 17.3 Å². The van der Waals surface area contributed by atoms with Gasteiger partial charge in [0.15, 0.2) is 11.5 Å². The normalized spacial score (nSPS) is 14.8. The molecule has 0 radical (unpaired) electrons. The first-order valence-electron chi connectivity index (χ1n) is 9.58. The molecule has 2 aromatic heterocycles.